The first-order chi connectivity index (χ1) is 13.7. The van der Waals surface area contributed by atoms with Gasteiger partial charge in [-0.1, -0.05) is 44.2 Å². The Morgan fingerprint density at radius 3 is 2.64 bits per heavy atom. The molecular formula is C24H27NO3. The number of carbonyl (C=O) groups excluding carboxylic acids is 1. The molecule has 2 aromatic rings. The van der Waals surface area contributed by atoms with Gasteiger partial charge in [-0.3, -0.25) is 4.79 Å². The predicted octanol–water partition coefficient (Wildman–Crippen LogP) is 5.23. The van der Waals surface area contributed by atoms with Crippen LogP contribution in [0.25, 0.3) is 6.08 Å². The SMILES string of the molecule is COc1ccc2c(c1)C=C(C(=O)Nc1ccc(CC3CCCCC3)cc1)CO2. The highest BCUT2D eigenvalue weighted by Crippen LogP contribution is 2.30. The van der Waals surface area contributed by atoms with Gasteiger partial charge >= 0.3 is 0 Å². The number of hydrogen-bond acceptors (Lipinski definition) is 3. The minimum atomic E-state index is -0.131. The number of ether oxygens (including phenoxy) is 2. The molecule has 0 atom stereocenters. The molecule has 1 fully saturated rings. The molecule has 0 unspecified atom stereocenters. The number of fused-ring (bicyclic) bond motifs is 1. The van der Waals surface area contributed by atoms with E-state index in [4.69, 9.17) is 9.47 Å². The van der Waals surface area contributed by atoms with Crippen LogP contribution in [0.4, 0.5) is 5.69 Å². The Hall–Kier alpha value is -2.75. The summed E-state index contributed by atoms with van der Waals surface area (Å²) in [5.41, 5.74) is 3.63. The Bertz CT molecular complexity index is 864. The first kappa shape index (κ1) is 18.6. The average molecular weight is 377 g/mol. The number of hydrogen-bond donors (Lipinski definition) is 1. The van der Waals surface area contributed by atoms with Crippen molar-refractivity contribution in [3.05, 3.63) is 59.2 Å². The Morgan fingerprint density at radius 1 is 1.11 bits per heavy atom. The second-order valence-electron chi connectivity index (χ2n) is 7.72. The van der Waals surface area contributed by atoms with E-state index in [1.165, 1.54) is 37.7 Å². The molecule has 2 aliphatic rings. The van der Waals surface area contributed by atoms with E-state index in [0.717, 1.165) is 35.1 Å². The second kappa shape index (κ2) is 8.51. The molecule has 4 rings (SSSR count). The summed E-state index contributed by atoms with van der Waals surface area (Å²) < 4.78 is 11.0. The van der Waals surface area contributed by atoms with Gasteiger partial charge in [-0.2, -0.15) is 0 Å². The van der Waals surface area contributed by atoms with Gasteiger partial charge in [0.05, 0.1) is 12.7 Å². The monoisotopic (exact) mass is 377 g/mol. The lowest BCUT2D eigenvalue weighted by atomic mass is 9.85. The Kier molecular flexibility index (Phi) is 5.65. The van der Waals surface area contributed by atoms with Crippen LogP contribution in [0, 0.1) is 5.92 Å². The van der Waals surface area contributed by atoms with Crippen molar-refractivity contribution in [2.24, 2.45) is 5.92 Å². The van der Waals surface area contributed by atoms with Crippen molar-refractivity contribution < 1.29 is 14.3 Å². The molecule has 0 radical (unpaired) electrons. The zero-order chi connectivity index (χ0) is 19.3. The summed E-state index contributed by atoms with van der Waals surface area (Å²) in [5.74, 6) is 2.20. The van der Waals surface area contributed by atoms with Crippen LogP contribution in [0.5, 0.6) is 11.5 Å². The van der Waals surface area contributed by atoms with Crippen LogP contribution in [0.1, 0.15) is 43.2 Å². The predicted molar refractivity (Wildman–Crippen MR) is 112 cm³/mol. The van der Waals surface area contributed by atoms with Gasteiger partial charge in [0.15, 0.2) is 0 Å². The maximum Gasteiger partial charge on any atom is 0.255 e. The number of methoxy groups -OCH3 is 1. The fourth-order valence-electron chi connectivity index (χ4n) is 4.07. The topological polar surface area (TPSA) is 47.6 Å². The maximum atomic E-state index is 12.6. The van der Waals surface area contributed by atoms with Crippen LogP contribution in [0.2, 0.25) is 0 Å². The zero-order valence-corrected chi connectivity index (χ0v) is 16.4. The van der Waals surface area contributed by atoms with E-state index in [1.807, 2.05) is 36.4 Å². The highest BCUT2D eigenvalue weighted by atomic mass is 16.5. The third kappa shape index (κ3) is 4.38. The lowest BCUT2D eigenvalue weighted by Crippen LogP contribution is -2.21. The van der Waals surface area contributed by atoms with Crippen molar-refractivity contribution in [1.29, 1.82) is 0 Å². The van der Waals surface area contributed by atoms with Crippen molar-refractivity contribution >= 4 is 17.7 Å². The molecule has 0 aromatic heterocycles. The van der Waals surface area contributed by atoms with Gasteiger partial charge < -0.3 is 14.8 Å². The summed E-state index contributed by atoms with van der Waals surface area (Å²) in [7, 11) is 1.63. The number of nitrogens with one attached hydrogen (secondary N) is 1. The molecule has 2 aromatic carbocycles. The van der Waals surface area contributed by atoms with Crippen LogP contribution >= 0.6 is 0 Å². The van der Waals surface area contributed by atoms with E-state index < -0.39 is 0 Å². The third-order valence-electron chi connectivity index (χ3n) is 5.68. The highest BCUT2D eigenvalue weighted by Gasteiger charge is 2.18. The van der Waals surface area contributed by atoms with Crippen LogP contribution < -0.4 is 14.8 Å². The van der Waals surface area contributed by atoms with E-state index in [1.54, 1.807) is 7.11 Å². The summed E-state index contributed by atoms with van der Waals surface area (Å²) in [6, 6.07) is 13.9. The smallest absolute Gasteiger partial charge is 0.255 e. The zero-order valence-electron chi connectivity index (χ0n) is 16.4. The molecule has 1 N–H and O–H groups in total. The number of anilines is 1. The largest absolute Gasteiger partial charge is 0.497 e. The molecule has 4 heteroatoms. The molecule has 1 amide bonds. The molecule has 146 valence electrons. The van der Waals surface area contributed by atoms with E-state index in [9.17, 15) is 4.79 Å². The Labute approximate surface area is 166 Å². The van der Waals surface area contributed by atoms with E-state index in [-0.39, 0.29) is 12.5 Å². The first-order valence-corrected chi connectivity index (χ1v) is 10.1. The number of rotatable bonds is 5. The normalized spacial score (nSPS) is 16.5. The minimum absolute atomic E-state index is 0.131. The summed E-state index contributed by atoms with van der Waals surface area (Å²) in [6.45, 7) is 0.269. The van der Waals surface area contributed by atoms with Gasteiger partial charge in [-0.05, 0) is 54.3 Å². The van der Waals surface area contributed by atoms with Crippen molar-refractivity contribution in [2.75, 3.05) is 19.0 Å². The van der Waals surface area contributed by atoms with E-state index in [0.29, 0.717) is 5.57 Å². The third-order valence-corrected chi connectivity index (χ3v) is 5.68. The highest BCUT2D eigenvalue weighted by molar-refractivity contribution is 6.07. The number of benzene rings is 2. The van der Waals surface area contributed by atoms with Gasteiger partial charge in [0.1, 0.15) is 18.1 Å². The minimum Gasteiger partial charge on any atom is -0.497 e. The molecule has 1 heterocycles. The van der Waals surface area contributed by atoms with Gasteiger partial charge in [-0.15, -0.1) is 0 Å². The summed E-state index contributed by atoms with van der Waals surface area (Å²) in [6.07, 6.45) is 9.83. The molecule has 1 saturated carbocycles. The molecule has 0 bridgehead atoms. The molecule has 4 nitrogen and oxygen atoms in total. The fraction of sp³-hybridized carbons (Fsp3) is 0.375. The second-order valence-corrected chi connectivity index (χ2v) is 7.72. The number of amides is 1. The van der Waals surface area contributed by atoms with Gasteiger partial charge in [0.2, 0.25) is 0 Å². The van der Waals surface area contributed by atoms with Crippen molar-refractivity contribution in [3.63, 3.8) is 0 Å². The van der Waals surface area contributed by atoms with Gasteiger partial charge in [0.25, 0.3) is 5.91 Å². The first-order valence-electron chi connectivity index (χ1n) is 10.1. The van der Waals surface area contributed by atoms with Crippen LogP contribution in [0.3, 0.4) is 0 Å². The fourth-order valence-corrected chi connectivity index (χ4v) is 4.07. The molecule has 28 heavy (non-hydrogen) atoms. The molecule has 0 saturated heterocycles. The summed E-state index contributed by atoms with van der Waals surface area (Å²) >= 11 is 0. The molecular weight excluding hydrogens is 350 g/mol. The van der Waals surface area contributed by atoms with E-state index >= 15 is 0 Å². The van der Waals surface area contributed by atoms with Crippen molar-refractivity contribution in [1.82, 2.24) is 0 Å². The van der Waals surface area contributed by atoms with Crippen LogP contribution in [0.15, 0.2) is 48.0 Å². The van der Waals surface area contributed by atoms with E-state index in [2.05, 4.69) is 17.4 Å². The van der Waals surface area contributed by atoms with Crippen molar-refractivity contribution in [3.8, 4) is 11.5 Å². The lowest BCUT2D eigenvalue weighted by molar-refractivity contribution is -0.113. The molecule has 0 spiro atoms. The standard InChI is InChI=1S/C24H27NO3/c1-27-22-11-12-23-19(15-22)14-20(16-28-23)24(26)25-21-9-7-18(8-10-21)13-17-5-3-2-4-6-17/h7-12,14-15,17H,2-6,13,16H2,1H3,(H,25,26). The van der Waals surface area contributed by atoms with Crippen LogP contribution in [-0.2, 0) is 11.2 Å². The average Bonchev–Trinajstić information content (AvgIpc) is 2.75. The Balaban J connectivity index is 1.39. The summed E-state index contributed by atoms with van der Waals surface area (Å²) in [5, 5.41) is 2.98. The number of carbonyl (C=O) groups is 1. The molecule has 1 aliphatic heterocycles. The van der Waals surface area contributed by atoms with Crippen molar-refractivity contribution in [2.45, 2.75) is 38.5 Å². The molecule has 1 aliphatic carbocycles. The Morgan fingerprint density at radius 2 is 1.89 bits per heavy atom. The lowest BCUT2D eigenvalue weighted by Gasteiger charge is -2.21. The van der Waals surface area contributed by atoms with Gasteiger partial charge in [-0.25, -0.2) is 0 Å². The maximum absolute atomic E-state index is 12.6. The van der Waals surface area contributed by atoms with Gasteiger partial charge in [0, 0.05) is 11.3 Å². The summed E-state index contributed by atoms with van der Waals surface area (Å²) in [4.78, 5) is 12.6. The van der Waals surface area contributed by atoms with Crippen LogP contribution in [-0.4, -0.2) is 19.6 Å². The quantitative estimate of drug-likeness (QED) is 0.776.